The van der Waals surface area contributed by atoms with Crippen LogP contribution in [0.3, 0.4) is 0 Å². The Balaban J connectivity index is 1.65. The lowest BCUT2D eigenvalue weighted by Crippen LogP contribution is -2.31. The predicted molar refractivity (Wildman–Crippen MR) is 92.9 cm³/mol. The minimum Gasteiger partial charge on any atom is -0.454 e. The predicted octanol–water partition coefficient (Wildman–Crippen LogP) is 1.52. The summed E-state index contributed by atoms with van der Waals surface area (Å²) in [5.74, 6) is 0.564. The van der Waals surface area contributed by atoms with Crippen molar-refractivity contribution in [1.82, 2.24) is 15.0 Å². The third-order valence-electron chi connectivity index (χ3n) is 3.46. The largest absolute Gasteiger partial charge is 0.454 e. The average Bonchev–Trinajstić information content (AvgIpc) is 3.17. The number of fused-ring (bicyclic) bond motifs is 1. The molecule has 25 heavy (non-hydrogen) atoms. The van der Waals surface area contributed by atoms with Crippen molar-refractivity contribution >= 4 is 29.0 Å². The van der Waals surface area contributed by atoms with Gasteiger partial charge in [-0.3, -0.25) is 9.59 Å². The zero-order chi connectivity index (χ0) is 18.0. The molecule has 2 amide bonds. The number of nitrogens with two attached hydrogens (primary N) is 1. The third-order valence-corrected chi connectivity index (χ3v) is 4.32. The average molecular weight is 362 g/mol. The lowest BCUT2D eigenvalue weighted by atomic mass is 10.2. The number of carbonyl (C=O) groups is 2. The van der Waals surface area contributed by atoms with Crippen LogP contribution < -0.4 is 25.8 Å². The number of aromatic nitrogens is 1. The number of hydrogen-bond donors (Lipinski definition) is 3. The minimum absolute atomic E-state index is 0.0446. The van der Waals surface area contributed by atoms with Crippen LogP contribution in [0.2, 0.25) is 0 Å². The Labute approximate surface area is 148 Å². The molecule has 2 aromatic rings. The molecule has 1 aromatic heterocycles. The van der Waals surface area contributed by atoms with Gasteiger partial charge in [-0.15, -0.1) is 0 Å². The van der Waals surface area contributed by atoms with Crippen molar-refractivity contribution < 1.29 is 19.1 Å². The first-order valence-electron chi connectivity index (χ1n) is 7.68. The van der Waals surface area contributed by atoms with Crippen molar-refractivity contribution in [3.05, 3.63) is 34.3 Å². The Morgan fingerprint density at radius 2 is 2.04 bits per heavy atom. The molecule has 8 nitrogen and oxygen atoms in total. The summed E-state index contributed by atoms with van der Waals surface area (Å²) >= 11 is 0.902. The monoisotopic (exact) mass is 362 g/mol. The van der Waals surface area contributed by atoms with E-state index >= 15 is 0 Å². The van der Waals surface area contributed by atoms with E-state index in [1.807, 2.05) is 19.9 Å². The zero-order valence-electron chi connectivity index (χ0n) is 13.8. The van der Waals surface area contributed by atoms with Crippen LogP contribution in [0.1, 0.15) is 39.6 Å². The van der Waals surface area contributed by atoms with E-state index < -0.39 is 5.91 Å². The van der Waals surface area contributed by atoms with E-state index in [9.17, 15) is 9.59 Å². The Kier molecular flexibility index (Phi) is 4.75. The summed E-state index contributed by atoms with van der Waals surface area (Å²) in [4.78, 5) is 24.5. The highest BCUT2D eigenvalue weighted by Crippen LogP contribution is 2.32. The fourth-order valence-electron chi connectivity index (χ4n) is 2.27. The van der Waals surface area contributed by atoms with Gasteiger partial charge in [-0.2, -0.15) is 4.37 Å². The van der Waals surface area contributed by atoms with Gasteiger partial charge >= 0.3 is 0 Å². The molecule has 132 valence electrons. The van der Waals surface area contributed by atoms with Crippen LogP contribution in [0.4, 0.5) is 5.69 Å². The first kappa shape index (κ1) is 17.0. The van der Waals surface area contributed by atoms with Gasteiger partial charge in [0.1, 0.15) is 4.88 Å². The van der Waals surface area contributed by atoms with E-state index in [1.54, 1.807) is 12.1 Å². The SMILES string of the molecule is CC(C)NC(=O)c1nsc(C(=O)NCc2ccc3c(c2)OCO3)c1N. The fourth-order valence-corrected chi connectivity index (χ4v) is 2.98. The molecule has 0 saturated carbocycles. The number of benzene rings is 1. The fraction of sp³-hybridized carbons (Fsp3) is 0.312. The summed E-state index contributed by atoms with van der Waals surface area (Å²) in [7, 11) is 0. The topological polar surface area (TPSA) is 116 Å². The van der Waals surface area contributed by atoms with Crippen molar-refractivity contribution in [3.8, 4) is 11.5 Å². The lowest BCUT2D eigenvalue weighted by Gasteiger charge is -2.07. The second-order valence-electron chi connectivity index (χ2n) is 5.77. The van der Waals surface area contributed by atoms with Gasteiger partial charge in [0.05, 0.1) is 5.69 Å². The van der Waals surface area contributed by atoms with Crippen molar-refractivity contribution in [3.63, 3.8) is 0 Å². The highest BCUT2D eigenvalue weighted by molar-refractivity contribution is 7.09. The first-order chi connectivity index (χ1) is 12.0. The van der Waals surface area contributed by atoms with Crippen molar-refractivity contribution in [2.24, 2.45) is 0 Å². The second kappa shape index (κ2) is 6.98. The standard InChI is InChI=1S/C16H18N4O4S/c1-8(2)19-15(21)13-12(17)14(25-20-13)16(22)18-6-9-3-4-10-11(5-9)24-7-23-10/h3-5,8H,6-7,17H2,1-2H3,(H,18,22)(H,19,21). The van der Waals surface area contributed by atoms with Crippen molar-refractivity contribution in [2.75, 3.05) is 12.5 Å². The lowest BCUT2D eigenvalue weighted by molar-refractivity contribution is 0.0939. The van der Waals surface area contributed by atoms with E-state index in [0.29, 0.717) is 18.0 Å². The Morgan fingerprint density at radius 1 is 1.28 bits per heavy atom. The molecule has 0 aliphatic carbocycles. The van der Waals surface area contributed by atoms with Gasteiger partial charge in [0.2, 0.25) is 6.79 Å². The van der Waals surface area contributed by atoms with Crippen LogP contribution in [0.5, 0.6) is 11.5 Å². The Hall–Kier alpha value is -2.81. The number of rotatable bonds is 5. The summed E-state index contributed by atoms with van der Waals surface area (Å²) in [6, 6.07) is 5.39. The normalized spacial score (nSPS) is 12.3. The van der Waals surface area contributed by atoms with Crippen LogP contribution in [0.15, 0.2) is 18.2 Å². The maximum atomic E-state index is 12.3. The van der Waals surface area contributed by atoms with E-state index in [2.05, 4.69) is 15.0 Å². The molecule has 1 aliphatic heterocycles. The summed E-state index contributed by atoms with van der Waals surface area (Å²) in [6.07, 6.45) is 0. The molecule has 0 radical (unpaired) electrons. The molecule has 0 unspecified atom stereocenters. The van der Waals surface area contributed by atoms with Gasteiger partial charge in [0.25, 0.3) is 11.8 Å². The number of nitrogen functional groups attached to an aromatic ring is 1. The molecule has 3 rings (SSSR count). The number of ether oxygens (including phenoxy) is 2. The number of nitrogens with zero attached hydrogens (tertiary/aromatic N) is 1. The molecule has 9 heteroatoms. The van der Waals surface area contributed by atoms with E-state index in [-0.39, 0.29) is 35.0 Å². The second-order valence-corrected chi connectivity index (χ2v) is 6.55. The van der Waals surface area contributed by atoms with Crippen molar-refractivity contribution in [1.29, 1.82) is 0 Å². The molecular formula is C16H18N4O4S. The van der Waals surface area contributed by atoms with Gasteiger partial charge in [0.15, 0.2) is 17.2 Å². The number of carbonyl (C=O) groups excluding carboxylic acids is 2. The molecule has 1 aromatic carbocycles. The van der Waals surface area contributed by atoms with Crippen molar-refractivity contribution in [2.45, 2.75) is 26.4 Å². The number of anilines is 1. The first-order valence-corrected chi connectivity index (χ1v) is 8.45. The summed E-state index contributed by atoms with van der Waals surface area (Å²) in [6.45, 7) is 4.16. The third kappa shape index (κ3) is 3.66. The summed E-state index contributed by atoms with van der Waals surface area (Å²) in [5, 5.41) is 5.47. The number of hydrogen-bond acceptors (Lipinski definition) is 7. The van der Waals surface area contributed by atoms with Crippen LogP contribution >= 0.6 is 11.5 Å². The summed E-state index contributed by atoms with van der Waals surface area (Å²) < 4.78 is 14.5. The van der Waals surface area contributed by atoms with E-state index in [0.717, 1.165) is 17.1 Å². The Bertz CT molecular complexity index is 818. The molecule has 0 spiro atoms. The maximum Gasteiger partial charge on any atom is 0.273 e. The summed E-state index contributed by atoms with van der Waals surface area (Å²) in [5.41, 5.74) is 6.94. The van der Waals surface area contributed by atoms with Gasteiger partial charge < -0.3 is 25.8 Å². The van der Waals surface area contributed by atoms with Crippen LogP contribution in [0, 0.1) is 0 Å². The molecule has 0 atom stereocenters. The zero-order valence-corrected chi connectivity index (χ0v) is 14.6. The van der Waals surface area contributed by atoms with Crippen LogP contribution in [-0.4, -0.2) is 29.0 Å². The molecule has 2 heterocycles. The van der Waals surface area contributed by atoms with Gasteiger partial charge in [-0.25, -0.2) is 0 Å². The molecule has 0 bridgehead atoms. The number of nitrogens with one attached hydrogen (secondary N) is 2. The molecule has 0 saturated heterocycles. The van der Waals surface area contributed by atoms with Crippen LogP contribution in [0.25, 0.3) is 0 Å². The maximum absolute atomic E-state index is 12.3. The smallest absolute Gasteiger partial charge is 0.273 e. The Morgan fingerprint density at radius 3 is 2.80 bits per heavy atom. The van der Waals surface area contributed by atoms with Gasteiger partial charge in [0, 0.05) is 12.6 Å². The molecule has 1 aliphatic rings. The quantitative estimate of drug-likeness (QED) is 0.743. The molecular weight excluding hydrogens is 344 g/mol. The van der Waals surface area contributed by atoms with Crippen LogP contribution in [-0.2, 0) is 6.54 Å². The van der Waals surface area contributed by atoms with Gasteiger partial charge in [-0.1, -0.05) is 6.07 Å². The van der Waals surface area contributed by atoms with E-state index in [4.69, 9.17) is 15.2 Å². The minimum atomic E-state index is -0.390. The molecule has 4 N–H and O–H groups in total. The van der Waals surface area contributed by atoms with Gasteiger partial charge in [-0.05, 0) is 43.1 Å². The number of amides is 2. The van der Waals surface area contributed by atoms with E-state index in [1.165, 1.54) is 0 Å². The molecule has 0 fully saturated rings. The highest BCUT2D eigenvalue weighted by Gasteiger charge is 2.22. The highest BCUT2D eigenvalue weighted by atomic mass is 32.1.